The van der Waals surface area contributed by atoms with E-state index in [1.165, 1.54) is 6.08 Å². The van der Waals surface area contributed by atoms with Crippen LogP contribution in [-0.2, 0) is 9.59 Å². The number of carboxylic acids is 1. The maximum atomic E-state index is 11.4. The molecule has 4 nitrogen and oxygen atoms in total. The maximum Gasteiger partial charge on any atom is 0.340 e. The van der Waals surface area contributed by atoms with Crippen LogP contribution in [0.25, 0.3) is 0 Å². The Kier molecular flexibility index (Phi) is 3.06. The Labute approximate surface area is 76.8 Å². The van der Waals surface area contributed by atoms with E-state index in [0.717, 1.165) is 6.42 Å². The van der Waals surface area contributed by atoms with Gasteiger partial charge in [0.2, 0.25) is 0 Å². The highest BCUT2D eigenvalue weighted by Gasteiger charge is 2.25. The first-order chi connectivity index (χ1) is 6.16. The second-order valence-electron chi connectivity index (χ2n) is 3.00. The molecule has 1 N–H and O–H groups in total. The van der Waals surface area contributed by atoms with E-state index in [1.54, 1.807) is 4.90 Å². The first-order valence-electron chi connectivity index (χ1n) is 4.39. The fourth-order valence-corrected chi connectivity index (χ4v) is 1.39. The fraction of sp³-hybridized carbons (Fsp3) is 0.556. The highest BCUT2D eigenvalue weighted by molar-refractivity contribution is 6.15. The Balaban J connectivity index is 2.73. The summed E-state index contributed by atoms with van der Waals surface area (Å²) < 4.78 is 0. The minimum absolute atomic E-state index is 0.0836. The summed E-state index contributed by atoms with van der Waals surface area (Å²) in [6, 6.07) is 0. The van der Waals surface area contributed by atoms with Gasteiger partial charge in [0.05, 0.1) is 0 Å². The zero-order valence-electron chi connectivity index (χ0n) is 7.62. The number of nitrogens with zero attached hydrogens (tertiary/aromatic N) is 1. The molecule has 0 aromatic carbocycles. The molecule has 72 valence electrons. The predicted molar refractivity (Wildman–Crippen MR) is 47.2 cm³/mol. The van der Waals surface area contributed by atoms with Crippen molar-refractivity contribution in [2.45, 2.75) is 19.8 Å². The maximum absolute atomic E-state index is 11.4. The van der Waals surface area contributed by atoms with Crippen LogP contribution in [0.3, 0.4) is 0 Å². The summed E-state index contributed by atoms with van der Waals surface area (Å²) in [6.07, 6.45) is 3.00. The Hall–Kier alpha value is -1.32. The number of rotatable bonds is 3. The molecule has 4 heteroatoms. The van der Waals surface area contributed by atoms with Crippen LogP contribution in [-0.4, -0.2) is 35.0 Å². The summed E-state index contributed by atoms with van der Waals surface area (Å²) in [7, 11) is 0. The van der Waals surface area contributed by atoms with Crippen LogP contribution in [0.1, 0.15) is 19.8 Å². The van der Waals surface area contributed by atoms with Crippen LogP contribution in [0, 0.1) is 0 Å². The largest absolute Gasteiger partial charge is 0.478 e. The van der Waals surface area contributed by atoms with E-state index in [9.17, 15) is 9.59 Å². The SMILES string of the molecule is CCCN1CCC=C(C(=O)O)C1=O. The molecule has 1 aliphatic rings. The van der Waals surface area contributed by atoms with Crippen molar-refractivity contribution in [3.8, 4) is 0 Å². The monoisotopic (exact) mass is 183 g/mol. The summed E-state index contributed by atoms with van der Waals surface area (Å²) in [5.41, 5.74) is -0.0836. The lowest BCUT2D eigenvalue weighted by molar-refractivity contribution is -0.138. The summed E-state index contributed by atoms with van der Waals surface area (Å²) in [5.74, 6) is -1.47. The number of aliphatic carboxylic acids is 1. The average molecular weight is 183 g/mol. The molecule has 0 unspecified atom stereocenters. The second kappa shape index (κ2) is 4.07. The molecule has 0 fully saturated rings. The van der Waals surface area contributed by atoms with E-state index in [1.807, 2.05) is 6.92 Å². The third kappa shape index (κ3) is 2.08. The van der Waals surface area contributed by atoms with Crippen molar-refractivity contribution < 1.29 is 14.7 Å². The van der Waals surface area contributed by atoms with Gasteiger partial charge in [0.25, 0.3) is 5.91 Å². The van der Waals surface area contributed by atoms with E-state index in [0.29, 0.717) is 19.5 Å². The van der Waals surface area contributed by atoms with Crippen LogP contribution in [0.4, 0.5) is 0 Å². The Morgan fingerprint density at radius 2 is 2.38 bits per heavy atom. The molecule has 13 heavy (non-hydrogen) atoms. The van der Waals surface area contributed by atoms with Gasteiger partial charge in [0.1, 0.15) is 5.57 Å². The summed E-state index contributed by atoms with van der Waals surface area (Å²) in [5, 5.41) is 8.68. The third-order valence-electron chi connectivity index (χ3n) is 1.99. The van der Waals surface area contributed by atoms with Gasteiger partial charge in [-0.05, 0) is 12.8 Å². The van der Waals surface area contributed by atoms with Gasteiger partial charge in [-0.15, -0.1) is 0 Å². The second-order valence-corrected chi connectivity index (χ2v) is 3.00. The van der Waals surface area contributed by atoms with Gasteiger partial charge in [0.15, 0.2) is 0 Å². The van der Waals surface area contributed by atoms with Crippen LogP contribution >= 0.6 is 0 Å². The van der Waals surface area contributed by atoms with Crippen molar-refractivity contribution in [1.82, 2.24) is 4.90 Å². The van der Waals surface area contributed by atoms with E-state index in [4.69, 9.17) is 5.11 Å². The zero-order valence-corrected chi connectivity index (χ0v) is 7.62. The number of hydrogen-bond acceptors (Lipinski definition) is 2. The van der Waals surface area contributed by atoms with E-state index < -0.39 is 5.97 Å². The summed E-state index contributed by atoms with van der Waals surface area (Å²) in [4.78, 5) is 23.6. The highest BCUT2D eigenvalue weighted by Crippen LogP contribution is 2.11. The fourth-order valence-electron chi connectivity index (χ4n) is 1.39. The van der Waals surface area contributed by atoms with E-state index in [2.05, 4.69) is 0 Å². The van der Waals surface area contributed by atoms with Crippen molar-refractivity contribution >= 4 is 11.9 Å². The topological polar surface area (TPSA) is 57.6 Å². The quantitative estimate of drug-likeness (QED) is 0.653. The molecule has 0 aliphatic carbocycles. The lowest BCUT2D eigenvalue weighted by Crippen LogP contribution is -2.38. The predicted octanol–water partition coefficient (Wildman–Crippen LogP) is 0.640. The third-order valence-corrected chi connectivity index (χ3v) is 1.99. The first kappa shape index (κ1) is 9.77. The smallest absolute Gasteiger partial charge is 0.340 e. The summed E-state index contributed by atoms with van der Waals surface area (Å²) in [6.45, 7) is 3.25. The number of carboxylic acid groups (broad SMARTS) is 1. The average Bonchev–Trinajstić information content (AvgIpc) is 2.08. The minimum Gasteiger partial charge on any atom is -0.478 e. The number of amides is 1. The van der Waals surface area contributed by atoms with Crippen molar-refractivity contribution in [1.29, 1.82) is 0 Å². The van der Waals surface area contributed by atoms with E-state index in [-0.39, 0.29) is 11.5 Å². The molecule has 0 saturated heterocycles. The van der Waals surface area contributed by atoms with E-state index >= 15 is 0 Å². The van der Waals surface area contributed by atoms with Crippen LogP contribution in [0.5, 0.6) is 0 Å². The van der Waals surface area contributed by atoms with Gasteiger partial charge in [-0.1, -0.05) is 13.0 Å². The minimum atomic E-state index is -1.12. The Bertz CT molecular complexity index is 258. The van der Waals surface area contributed by atoms with Gasteiger partial charge in [-0.3, -0.25) is 4.79 Å². The van der Waals surface area contributed by atoms with Crippen LogP contribution in [0.2, 0.25) is 0 Å². The van der Waals surface area contributed by atoms with Gasteiger partial charge in [-0.25, -0.2) is 4.79 Å². The molecule has 1 rings (SSSR count). The normalized spacial score (nSPS) is 17.2. The number of carbonyl (C=O) groups is 2. The molecule has 0 spiro atoms. The van der Waals surface area contributed by atoms with Crippen LogP contribution in [0.15, 0.2) is 11.6 Å². The van der Waals surface area contributed by atoms with Gasteiger partial charge < -0.3 is 10.0 Å². The van der Waals surface area contributed by atoms with Crippen molar-refractivity contribution in [2.24, 2.45) is 0 Å². The van der Waals surface area contributed by atoms with Crippen molar-refractivity contribution in [2.75, 3.05) is 13.1 Å². The molecule has 1 heterocycles. The number of carbonyl (C=O) groups excluding carboxylic acids is 1. The lowest BCUT2D eigenvalue weighted by Gasteiger charge is -2.25. The zero-order chi connectivity index (χ0) is 9.84. The molecule has 0 bridgehead atoms. The molecule has 1 amide bonds. The van der Waals surface area contributed by atoms with Gasteiger partial charge in [0, 0.05) is 13.1 Å². The first-order valence-corrected chi connectivity index (χ1v) is 4.39. The number of hydrogen-bond donors (Lipinski definition) is 1. The molecule has 0 saturated carbocycles. The summed E-state index contributed by atoms with van der Waals surface area (Å²) >= 11 is 0. The standard InChI is InChI=1S/C9H13NO3/c1-2-5-10-6-3-4-7(8(10)11)9(12)13/h4H,2-3,5-6H2,1H3,(H,12,13). The Morgan fingerprint density at radius 3 is 2.92 bits per heavy atom. The van der Waals surface area contributed by atoms with Crippen molar-refractivity contribution in [3.05, 3.63) is 11.6 Å². The molecule has 0 atom stereocenters. The van der Waals surface area contributed by atoms with Crippen LogP contribution < -0.4 is 0 Å². The molecular weight excluding hydrogens is 170 g/mol. The molecule has 0 aromatic heterocycles. The lowest BCUT2D eigenvalue weighted by atomic mass is 10.1. The van der Waals surface area contributed by atoms with Gasteiger partial charge in [-0.2, -0.15) is 0 Å². The molecule has 1 aliphatic heterocycles. The molecular formula is C9H13NO3. The van der Waals surface area contributed by atoms with Gasteiger partial charge >= 0.3 is 5.97 Å². The highest BCUT2D eigenvalue weighted by atomic mass is 16.4. The molecule has 0 aromatic rings. The Morgan fingerprint density at radius 1 is 1.69 bits per heavy atom. The van der Waals surface area contributed by atoms with Crippen molar-refractivity contribution in [3.63, 3.8) is 0 Å². The molecule has 0 radical (unpaired) electrons.